The number of benzene rings is 1. The molecule has 1 amide bonds. The van der Waals surface area contributed by atoms with E-state index >= 15 is 0 Å². The van der Waals surface area contributed by atoms with Crippen LogP contribution in [0, 0.1) is 6.92 Å². The minimum Gasteiger partial charge on any atom is -0.343 e. The normalized spacial score (nSPS) is 15.5. The average Bonchev–Trinajstić information content (AvgIpc) is 2.50. The third kappa shape index (κ3) is 4.68. The number of anilines is 1. The Morgan fingerprint density at radius 1 is 1.32 bits per heavy atom. The largest absolute Gasteiger partial charge is 0.343 e. The van der Waals surface area contributed by atoms with E-state index in [4.69, 9.17) is 12.2 Å². The first-order valence-corrected chi connectivity index (χ1v) is 8.04. The van der Waals surface area contributed by atoms with Gasteiger partial charge in [-0.25, -0.2) is 0 Å². The van der Waals surface area contributed by atoms with Crippen LogP contribution in [0.1, 0.15) is 5.56 Å². The fourth-order valence-corrected chi connectivity index (χ4v) is 2.55. The van der Waals surface area contributed by atoms with Crippen LogP contribution in [-0.2, 0) is 4.79 Å². The summed E-state index contributed by atoms with van der Waals surface area (Å²) in [7, 11) is 4.01. The highest BCUT2D eigenvalue weighted by Gasteiger charge is 2.22. The molecule has 0 unspecified atom stereocenters. The van der Waals surface area contributed by atoms with Crippen molar-refractivity contribution < 1.29 is 9.69 Å². The van der Waals surface area contributed by atoms with Crippen LogP contribution in [0.5, 0.6) is 0 Å². The number of hydrogen-bond donors (Lipinski definition) is 2. The van der Waals surface area contributed by atoms with Gasteiger partial charge in [0, 0.05) is 12.7 Å². The van der Waals surface area contributed by atoms with E-state index in [0.717, 1.165) is 31.9 Å². The topological polar surface area (TPSA) is 40.0 Å². The molecule has 0 atom stereocenters. The molecular formula is C16H25N4OS+. The van der Waals surface area contributed by atoms with Gasteiger partial charge in [0.25, 0.3) is 0 Å². The van der Waals surface area contributed by atoms with Gasteiger partial charge in [0.05, 0.1) is 39.8 Å². The SMILES string of the molecule is Cc1ccc(NC(=S)N(C)CC(=O)N2CC[NH+](C)CC2)cc1. The first-order chi connectivity index (χ1) is 10.5. The molecule has 1 heterocycles. The molecule has 1 fully saturated rings. The van der Waals surface area contributed by atoms with Crippen molar-refractivity contribution in [3.8, 4) is 0 Å². The number of carbonyl (C=O) groups excluding carboxylic acids is 1. The Bertz CT molecular complexity index is 523. The lowest BCUT2D eigenvalue weighted by molar-refractivity contribution is -0.883. The third-order valence-corrected chi connectivity index (χ3v) is 4.41. The van der Waals surface area contributed by atoms with Gasteiger partial charge in [-0.3, -0.25) is 4.79 Å². The van der Waals surface area contributed by atoms with Gasteiger partial charge in [0.15, 0.2) is 5.11 Å². The summed E-state index contributed by atoms with van der Waals surface area (Å²) in [5.74, 6) is 0.142. The second-order valence-corrected chi connectivity index (χ2v) is 6.38. The number of nitrogens with one attached hydrogen (secondary N) is 2. The fourth-order valence-electron chi connectivity index (χ4n) is 2.37. The van der Waals surface area contributed by atoms with Crippen LogP contribution < -0.4 is 10.2 Å². The Balaban J connectivity index is 1.83. The maximum absolute atomic E-state index is 12.3. The molecule has 120 valence electrons. The number of hydrogen-bond acceptors (Lipinski definition) is 2. The zero-order chi connectivity index (χ0) is 16.1. The molecule has 2 rings (SSSR count). The Morgan fingerprint density at radius 3 is 2.50 bits per heavy atom. The van der Waals surface area contributed by atoms with Gasteiger partial charge in [-0.15, -0.1) is 0 Å². The standard InChI is InChI=1S/C16H24N4OS/c1-13-4-6-14(7-5-13)17-16(22)19(3)12-15(21)20-10-8-18(2)9-11-20/h4-7H,8-12H2,1-3H3,(H,17,22)/p+1. The summed E-state index contributed by atoms with van der Waals surface area (Å²) in [6.07, 6.45) is 0. The van der Waals surface area contributed by atoms with Crippen LogP contribution in [0.3, 0.4) is 0 Å². The fraction of sp³-hybridized carbons (Fsp3) is 0.500. The summed E-state index contributed by atoms with van der Waals surface area (Å²) in [4.78, 5) is 17.5. The smallest absolute Gasteiger partial charge is 0.242 e. The highest BCUT2D eigenvalue weighted by Crippen LogP contribution is 2.09. The Kier molecular flexibility index (Phi) is 5.74. The number of thiocarbonyl (C=S) groups is 1. The zero-order valence-electron chi connectivity index (χ0n) is 13.6. The predicted octanol–water partition coefficient (Wildman–Crippen LogP) is -0.0195. The molecule has 1 aromatic rings. The molecule has 6 heteroatoms. The average molecular weight is 321 g/mol. The number of rotatable bonds is 3. The van der Waals surface area contributed by atoms with Crippen molar-refractivity contribution in [3.05, 3.63) is 29.8 Å². The zero-order valence-corrected chi connectivity index (χ0v) is 14.4. The molecule has 1 aromatic carbocycles. The van der Waals surface area contributed by atoms with Crippen molar-refractivity contribution in [2.75, 3.05) is 52.1 Å². The van der Waals surface area contributed by atoms with Gasteiger partial charge >= 0.3 is 0 Å². The summed E-state index contributed by atoms with van der Waals surface area (Å²) in [6.45, 7) is 6.05. The molecule has 1 aliphatic heterocycles. The van der Waals surface area contributed by atoms with Crippen LogP contribution in [0.2, 0.25) is 0 Å². The second-order valence-electron chi connectivity index (χ2n) is 5.99. The Morgan fingerprint density at radius 2 is 1.91 bits per heavy atom. The monoisotopic (exact) mass is 321 g/mol. The molecule has 5 nitrogen and oxygen atoms in total. The molecular weight excluding hydrogens is 296 g/mol. The molecule has 0 saturated carbocycles. The Hall–Kier alpha value is -1.66. The number of aryl methyl sites for hydroxylation is 1. The van der Waals surface area contributed by atoms with Gasteiger partial charge in [-0.2, -0.15) is 0 Å². The third-order valence-electron chi connectivity index (χ3n) is 3.99. The Labute approximate surface area is 137 Å². The van der Waals surface area contributed by atoms with Gasteiger partial charge in [-0.1, -0.05) is 17.7 Å². The summed E-state index contributed by atoms with van der Waals surface area (Å²) >= 11 is 5.37. The maximum Gasteiger partial charge on any atom is 0.242 e. The van der Waals surface area contributed by atoms with Crippen LogP contribution in [0.15, 0.2) is 24.3 Å². The van der Waals surface area contributed by atoms with Crippen molar-refractivity contribution in [2.45, 2.75) is 6.92 Å². The summed E-state index contributed by atoms with van der Waals surface area (Å²) in [6, 6.07) is 8.03. The van der Waals surface area contributed by atoms with Gasteiger partial charge in [0.2, 0.25) is 5.91 Å². The van der Waals surface area contributed by atoms with Crippen molar-refractivity contribution in [2.24, 2.45) is 0 Å². The number of likely N-dealkylation sites (N-methyl/N-ethyl adjacent to an activating group) is 2. The van der Waals surface area contributed by atoms with E-state index in [9.17, 15) is 4.79 Å². The second kappa shape index (κ2) is 7.56. The van der Waals surface area contributed by atoms with E-state index in [-0.39, 0.29) is 5.91 Å². The molecule has 2 N–H and O–H groups in total. The highest BCUT2D eigenvalue weighted by molar-refractivity contribution is 7.80. The van der Waals surface area contributed by atoms with Gasteiger partial charge in [-0.05, 0) is 31.3 Å². The van der Waals surface area contributed by atoms with Gasteiger partial charge < -0.3 is 20.0 Å². The van der Waals surface area contributed by atoms with Crippen LogP contribution in [0.25, 0.3) is 0 Å². The summed E-state index contributed by atoms with van der Waals surface area (Å²) in [5.41, 5.74) is 2.15. The van der Waals surface area contributed by atoms with Crippen LogP contribution in [-0.4, -0.2) is 67.6 Å². The molecule has 0 aliphatic carbocycles. The molecule has 1 saturated heterocycles. The van der Waals surface area contributed by atoms with Crippen LogP contribution in [0.4, 0.5) is 5.69 Å². The number of carbonyl (C=O) groups is 1. The van der Waals surface area contributed by atoms with E-state index < -0.39 is 0 Å². The van der Waals surface area contributed by atoms with Crippen molar-refractivity contribution in [3.63, 3.8) is 0 Å². The quantitative estimate of drug-likeness (QED) is 0.768. The number of nitrogens with zero attached hydrogens (tertiary/aromatic N) is 2. The van der Waals surface area contributed by atoms with Crippen molar-refractivity contribution >= 4 is 28.9 Å². The van der Waals surface area contributed by atoms with E-state index in [1.807, 2.05) is 43.1 Å². The molecule has 1 aliphatic rings. The number of piperazine rings is 1. The first kappa shape index (κ1) is 16.7. The summed E-state index contributed by atoms with van der Waals surface area (Å²) < 4.78 is 0. The minimum atomic E-state index is 0.142. The number of amides is 1. The lowest BCUT2D eigenvalue weighted by Crippen LogP contribution is -3.12. The molecule has 0 aromatic heterocycles. The molecule has 0 bridgehead atoms. The molecule has 22 heavy (non-hydrogen) atoms. The van der Waals surface area contributed by atoms with Crippen molar-refractivity contribution in [1.29, 1.82) is 0 Å². The van der Waals surface area contributed by atoms with E-state index in [0.29, 0.717) is 11.7 Å². The minimum absolute atomic E-state index is 0.142. The maximum atomic E-state index is 12.3. The van der Waals surface area contributed by atoms with E-state index in [2.05, 4.69) is 12.4 Å². The lowest BCUT2D eigenvalue weighted by atomic mass is 10.2. The molecule has 0 spiro atoms. The first-order valence-electron chi connectivity index (χ1n) is 7.63. The molecule has 0 radical (unpaired) electrons. The lowest BCUT2D eigenvalue weighted by Gasteiger charge is -2.31. The predicted molar refractivity (Wildman–Crippen MR) is 93.2 cm³/mol. The number of quaternary nitrogens is 1. The highest BCUT2D eigenvalue weighted by atomic mass is 32.1. The van der Waals surface area contributed by atoms with Gasteiger partial charge in [0.1, 0.15) is 0 Å². The van der Waals surface area contributed by atoms with Crippen LogP contribution >= 0.6 is 12.2 Å². The van der Waals surface area contributed by atoms with E-state index in [1.54, 1.807) is 4.90 Å². The van der Waals surface area contributed by atoms with Crippen molar-refractivity contribution in [1.82, 2.24) is 9.80 Å². The summed E-state index contributed by atoms with van der Waals surface area (Å²) in [5, 5.41) is 3.73. The van der Waals surface area contributed by atoms with E-state index in [1.165, 1.54) is 10.5 Å².